The molecule has 2 aromatic rings. The van der Waals surface area contributed by atoms with Gasteiger partial charge in [0.15, 0.2) is 6.29 Å². The predicted molar refractivity (Wildman–Crippen MR) is 79.0 cm³/mol. The first-order valence-corrected chi connectivity index (χ1v) is 6.33. The number of aldehydes is 1. The summed E-state index contributed by atoms with van der Waals surface area (Å²) in [5.74, 6) is 0.651. The summed E-state index contributed by atoms with van der Waals surface area (Å²) in [6.45, 7) is 0.00609. The number of hydrogen-bond acceptors (Lipinski definition) is 4. The maximum atomic E-state index is 11.2. The van der Waals surface area contributed by atoms with Crippen molar-refractivity contribution in [1.29, 1.82) is 0 Å². The highest BCUT2D eigenvalue weighted by Gasteiger charge is 2.13. The van der Waals surface area contributed by atoms with Crippen molar-refractivity contribution >= 4 is 12.0 Å². The minimum absolute atomic E-state index is 0.00609. The zero-order chi connectivity index (χ0) is 14.5. The smallest absolute Gasteiger partial charge is 0.150 e. The van der Waals surface area contributed by atoms with E-state index in [2.05, 4.69) is 0 Å². The summed E-state index contributed by atoms with van der Waals surface area (Å²) in [5, 5.41) is 9.12. The fraction of sp³-hybridized carbons (Fsp3) is 0.188. The summed E-state index contributed by atoms with van der Waals surface area (Å²) in [6.07, 6.45) is 1.25. The van der Waals surface area contributed by atoms with Gasteiger partial charge in [-0.2, -0.15) is 0 Å². The van der Waals surface area contributed by atoms with E-state index in [0.29, 0.717) is 23.4 Å². The third kappa shape index (κ3) is 2.65. The van der Waals surface area contributed by atoms with E-state index < -0.39 is 0 Å². The summed E-state index contributed by atoms with van der Waals surface area (Å²) >= 11 is 0. The Morgan fingerprint density at radius 3 is 2.65 bits per heavy atom. The Bertz CT molecular complexity index is 623. The minimum Gasteiger partial charge on any atom is -0.497 e. The summed E-state index contributed by atoms with van der Waals surface area (Å²) in [6, 6.07) is 10.9. The fourth-order valence-electron chi connectivity index (χ4n) is 2.20. The molecule has 0 unspecified atom stereocenters. The van der Waals surface area contributed by atoms with Crippen molar-refractivity contribution in [3.05, 3.63) is 47.5 Å². The molecule has 0 aromatic heterocycles. The average Bonchev–Trinajstić information content (AvgIpc) is 2.49. The van der Waals surface area contributed by atoms with Crippen LogP contribution in [-0.2, 0) is 6.42 Å². The number of benzene rings is 2. The van der Waals surface area contributed by atoms with Crippen molar-refractivity contribution < 1.29 is 14.6 Å². The Morgan fingerprint density at radius 2 is 2.00 bits per heavy atom. The lowest BCUT2D eigenvalue weighted by Gasteiger charge is -2.14. The lowest BCUT2D eigenvalue weighted by atomic mass is 9.95. The van der Waals surface area contributed by atoms with Gasteiger partial charge in [-0.1, -0.05) is 24.3 Å². The monoisotopic (exact) mass is 271 g/mol. The number of ether oxygens (including phenoxy) is 1. The van der Waals surface area contributed by atoms with Crippen molar-refractivity contribution in [2.75, 3.05) is 19.5 Å². The summed E-state index contributed by atoms with van der Waals surface area (Å²) in [7, 11) is 1.57. The molecular formula is C16H17NO3. The molecule has 3 N–H and O–H groups in total. The second kappa shape index (κ2) is 6.21. The summed E-state index contributed by atoms with van der Waals surface area (Å²) in [4.78, 5) is 11.2. The number of carbonyl (C=O) groups excluding carboxylic acids is 1. The van der Waals surface area contributed by atoms with Gasteiger partial charge in [-0.3, -0.25) is 4.79 Å². The first kappa shape index (κ1) is 14.1. The van der Waals surface area contributed by atoms with Crippen LogP contribution >= 0.6 is 0 Å². The molecule has 0 spiro atoms. The van der Waals surface area contributed by atoms with Gasteiger partial charge >= 0.3 is 0 Å². The Balaban J connectivity index is 2.66. The summed E-state index contributed by atoms with van der Waals surface area (Å²) < 4.78 is 5.27. The van der Waals surface area contributed by atoms with E-state index in [1.807, 2.05) is 12.1 Å². The van der Waals surface area contributed by atoms with Crippen molar-refractivity contribution in [2.45, 2.75) is 6.42 Å². The highest BCUT2D eigenvalue weighted by Crippen LogP contribution is 2.34. The van der Waals surface area contributed by atoms with Crippen LogP contribution in [0, 0.1) is 0 Å². The van der Waals surface area contributed by atoms with Gasteiger partial charge in [0.05, 0.1) is 7.11 Å². The van der Waals surface area contributed by atoms with E-state index in [-0.39, 0.29) is 6.61 Å². The standard InChI is InChI=1S/C16H17NO3/c1-20-13-8-11(6-7-18)16(17)15(9-13)14-5-3-2-4-12(14)10-19/h2-5,8-10,18H,6-7,17H2,1H3. The lowest BCUT2D eigenvalue weighted by molar-refractivity contribution is 0.112. The van der Waals surface area contributed by atoms with Crippen LogP contribution in [0.25, 0.3) is 11.1 Å². The molecule has 104 valence electrons. The second-order valence-electron chi connectivity index (χ2n) is 4.43. The Labute approximate surface area is 117 Å². The van der Waals surface area contributed by atoms with Crippen LogP contribution in [0.5, 0.6) is 5.75 Å². The first-order chi connectivity index (χ1) is 9.71. The van der Waals surface area contributed by atoms with Crippen LogP contribution < -0.4 is 10.5 Å². The van der Waals surface area contributed by atoms with E-state index in [1.165, 1.54) is 0 Å². The van der Waals surface area contributed by atoms with Gasteiger partial charge < -0.3 is 15.6 Å². The van der Waals surface area contributed by atoms with Gasteiger partial charge in [0.1, 0.15) is 5.75 Å². The van der Waals surface area contributed by atoms with Crippen LogP contribution in [0.3, 0.4) is 0 Å². The Kier molecular flexibility index (Phi) is 4.38. The number of anilines is 1. The third-order valence-electron chi connectivity index (χ3n) is 3.23. The second-order valence-corrected chi connectivity index (χ2v) is 4.43. The van der Waals surface area contributed by atoms with Crippen molar-refractivity contribution in [3.63, 3.8) is 0 Å². The molecule has 0 amide bonds. The molecule has 0 fully saturated rings. The molecule has 2 aromatic carbocycles. The molecule has 0 saturated carbocycles. The molecule has 0 radical (unpaired) electrons. The van der Waals surface area contributed by atoms with Gasteiger partial charge in [-0.25, -0.2) is 0 Å². The molecule has 0 aliphatic rings. The van der Waals surface area contributed by atoms with Gasteiger partial charge in [-0.15, -0.1) is 0 Å². The number of aliphatic hydroxyl groups is 1. The maximum absolute atomic E-state index is 11.2. The maximum Gasteiger partial charge on any atom is 0.150 e. The van der Waals surface area contributed by atoms with Crippen LogP contribution in [-0.4, -0.2) is 25.1 Å². The third-order valence-corrected chi connectivity index (χ3v) is 3.23. The van der Waals surface area contributed by atoms with Crippen LogP contribution in [0.15, 0.2) is 36.4 Å². The van der Waals surface area contributed by atoms with Crippen molar-refractivity contribution in [2.24, 2.45) is 0 Å². The van der Waals surface area contributed by atoms with E-state index in [0.717, 1.165) is 23.0 Å². The Hall–Kier alpha value is -2.33. The zero-order valence-electron chi connectivity index (χ0n) is 11.3. The largest absolute Gasteiger partial charge is 0.497 e. The fourth-order valence-corrected chi connectivity index (χ4v) is 2.20. The summed E-state index contributed by atoms with van der Waals surface area (Å²) in [5.41, 5.74) is 9.62. The predicted octanol–water partition coefficient (Wildman–Crippen LogP) is 2.29. The van der Waals surface area contributed by atoms with E-state index in [9.17, 15) is 4.79 Å². The molecule has 2 rings (SSSR count). The highest BCUT2D eigenvalue weighted by molar-refractivity contribution is 5.92. The first-order valence-electron chi connectivity index (χ1n) is 6.33. The number of aliphatic hydroxyl groups excluding tert-OH is 1. The molecule has 20 heavy (non-hydrogen) atoms. The number of hydrogen-bond donors (Lipinski definition) is 2. The molecule has 0 heterocycles. The molecule has 4 nitrogen and oxygen atoms in total. The topological polar surface area (TPSA) is 72.6 Å². The van der Waals surface area contributed by atoms with E-state index in [1.54, 1.807) is 31.4 Å². The molecule has 0 aliphatic carbocycles. The van der Waals surface area contributed by atoms with E-state index in [4.69, 9.17) is 15.6 Å². The van der Waals surface area contributed by atoms with Crippen molar-refractivity contribution in [1.82, 2.24) is 0 Å². The zero-order valence-corrected chi connectivity index (χ0v) is 11.3. The number of methoxy groups -OCH3 is 1. The van der Waals surface area contributed by atoms with Gasteiger partial charge in [0, 0.05) is 23.4 Å². The van der Waals surface area contributed by atoms with Crippen LogP contribution in [0.1, 0.15) is 15.9 Å². The SMILES string of the molecule is COc1cc(CCO)c(N)c(-c2ccccc2C=O)c1. The lowest BCUT2D eigenvalue weighted by Crippen LogP contribution is -2.02. The minimum atomic E-state index is 0.00609. The number of nitrogen functional groups attached to an aromatic ring is 1. The van der Waals surface area contributed by atoms with Crippen LogP contribution in [0.2, 0.25) is 0 Å². The molecule has 0 bridgehead atoms. The molecule has 0 atom stereocenters. The number of carbonyl (C=O) groups is 1. The normalized spacial score (nSPS) is 10.3. The average molecular weight is 271 g/mol. The highest BCUT2D eigenvalue weighted by atomic mass is 16.5. The van der Waals surface area contributed by atoms with Crippen molar-refractivity contribution in [3.8, 4) is 16.9 Å². The molecule has 0 saturated heterocycles. The quantitative estimate of drug-likeness (QED) is 0.646. The van der Waals surface area contributed by atoms with E-state index >= 15 is 0 Å². The van der Waals surface area contributed by atoms with Crippen LogP contribution in [0.4, 0.5) is 5.69 Å². The number of rotatable bonds is 5. The van der Waals surface area contributed by atoms with Gasteiger partial charge in [0.2, 0.25) is 0 Å². The van der Waals surface area contributed by atoms with Gasteiger partial charge in [0.25, 0.3) is 0 Å². The molecular weight excluding hydrogens is 254 g/mol. The molecule has 4 heteroatoms. The number of nitrogens with two attached hydrogens (primary N) is 1. The Morgan fingerprint density at radius 1 is 1.25 bits per heavy atom. The van der Waals surface area contributed by atoms with Gasteiger partial charge in [-0.05, 0) is 29.7 Å². The molecule has 0 aliphatic heterocycles.